The molecule has 0 heterocycles. The molecule has 1 fully saturated rings. The second-order valence-corrected chi connectivity index (χ2v) is 3.85. The van der Waals surface area contributed by atoms with Crippen molar-refractivity contribution in [3.8, 4) is 0 Å². The molecule has 3 N–H and O–H groups in total. The van der Waals surface area contributed by atoms with Gasteiger partial charge in [0.1, 0.15) is 0 Å². The lowest BCUT2D eigenvalue weighted by molar-refractivity contribution is -0.0293. The fourth-order valence-electron chi connectivity index (χ4n) is 1.94. The minimum Gasteiger partial charge on any atom is -0.382 e. The summed E-state index contributed by atoms with van der Waals surface area (Å²) in [6.45, 7) is 1.99. The van der Waals surface area contributed by atoms with Crippen LogP contribution in [0.15, 0.2) is 0 Å². The molecule has 2 unspecified atom stereocenters. The van der Waals surface area contributed by atoms with Crippen molar-refractivity contribution < 1.29 is 9.57 Å². The molecule has 2 atom stereocenters. The SMILES string of the molecule is COCCONC1CCCCC1CN. The Balaban J connectivity index is 2.13. The third kappa shape index (κ3) is 3.92. The fourth-order valence-corrected chi connectivity index (χ4v) is 1.94. The van der Waals surface area contributed by atoms with Gasteiger partial charge in [-0.05, 0) is 25.3 Å². The van der Waals surface area contributed by atoms with E-state index in [1.54, 1.807) is 7.11 Å². The van der Waals surface area contributed by atoms with Gasteiger partial charge in [-0.25, -0.2) is 0 Å². The lowest BCUT2D eigenvalue weighted by Crippen LogP contribution is -2.42. The Morgan fingerprint density at radius 2 is 2.07 bits per heavy atom. The molecule has 1 rings (SSSR count). The second-order valence-electron chi connectivity index (χ2n) is 3.85. The van der Waals surface area contributed by atoms with E-state index < -0.39 is 0 Å². The number of nitrogens with one attached hydrogen (secondary N) is 1. The summed E-state index contributed by atoms with van der Waals surface area (Å²) in [5.74, 6) is 0.575. The van der Waals surface area contributed by atoms with Crippen LogP contribution < -0.4 is 11.2 Å². The first-order chi connectivity index (χ1) is 6.88. The molecule has 0 amide bonds. The van der Waals surface area contributed by atoms with Gasteiger partial charge >= 0.3 is 0 Å². The first-order valence-corrected chi connectivity index (χ1v) is 5.44. The van der Waals surface area contributed by atoms with Crippen molar-refractivity contribution in [2.75, 3.05) is 26.9 Å². The highest BCUT2D eigenvalue weighted by Crippen LogP contribution is 2.23. The van der Waals surface area contributed by atoms with E-state index in [2.05, 4.69) is 5.48 Å². The summed E-state index contributed by atoms with van der Waals surface area (Å²) in [6, 6.07) is 0.436. The highest BCUT2D eigenvalue weighted by Gasteiger charge is 2.23. The average Bonchev–Trinajstić information content (AvgIpc) is 2.25. The number of hydrogen-bond donors (Lipinski definition) is 2. The summed E-state index contributed by atoms with van der Waals surface area (Å²) in [5.41, 5.74) is 8.80. The highest BCUT2D eigenvalue weighted by atomic mass is 16.7. The molecular weight excluding hydrogens is 180 g/mol. The summed E-state index contributed by atoms with van der Waals surface area (Å²) < 4.78 is 4.89. The summed E-state index contributed by atoms with van der Waals surface area (Å²) in [5, 5.41) is 0. The molecule has 1 aliphatic carbocycles. The van der Waals surface area contributed by atoms with E-state index in [9.17, 15) is 0 Å². The van der Waals surface area contributed by atoms with Crippen molar-refractivity contribution in [2.24, 2.45) is 11.7 Å². The Labute approximate surface area is 86.1 Å². The zero-order chi connectivity index (χ0) is 10.2. The van der Waals surface area contributed by atoms with Gasteiger partial charge in [-0.1, -0.05) is 12.8 Å². The molecule has 0 radical (unpaired) electrons. The van der Waals surface area contributed by atoms with Crippen LogP contribution in [0.2, 0.25) is 0 Å². The van der Waals surface area contributed by atoms with E-state index in [0.29, 0.717) is 25.2 Å². The van der Waals surface area contributed by atoms with E-state index in [1.807, 2.05) is 0 Å². The van der Waals surface area contributed by atoms with Gasteiger partial charge in [0.15, 0.2) is 0 Å². The van der Waals surface area contributed by atoms with Gasteiger partial charge in [0.25, 0.3) is 0 Å². The molecule has 0 aromatic carbocycles. The predicted octanol–water partition coefficient (Wildman–Crippen LogP) is 0.671. The van der Waals surface area contributed by atoms with E-state index in [1.165, 1.54) is 25.7 Å². The number of rotatable bonds is 6. The molecule has 0 aromatic heterocycles. The van der Waals surface area contributed by atoms with E-state index >= 15 is 0 Å². The minimum absolute atomic E-state index is 0.436. The van der Waals surface area contributed by atoms with Crippen LogP contribution in [0.5, 0.6) is 0 Å². The fraction of sp³-hybridized carbons (Fsp3) is 1.00. The molecular formula is C10H22N2O2. The Morgan fingerprint density at radius 1 is 1.29 bits per heavy atom. The van der Waals surface area contributed by atoms with E-state index in [0.717, 1.165) is 6.54 Å². The summed E-state index contributed by atoms with van der Waals surface area (Å²) in [7, 11) is 1.67. The zero-order valence-electron chi connectivity index (χ0n) is 9.00. The number of methoxy groups -OCH3 is 1. The second kappa shape index (κ2) is 7.17. The van der Waals surface area contributed by atoms with Crippen LogP contribution in [-0.2, 0) is 9.57 Å². The van der Waals surface area contributed by atoms with Gasteiger partial charge in [0, 0.05) is 13.2 Å². The molecule has 14 heavy (non-hydrogen) atoms. The lowest BCUT2D eigenvalue weighted by Gasteiger charge is -2.30. The van der Waals surface area contributed by atoms with Gasteiger partial charge in [-0.15, -0.1) is 0 Å². The maximum atomic E-state index is 5.70. The van der Waals surface area contributed by atoms with Crippen molar-refractivity contribution in [1.29, 1.82) is 0 Å². The number of nitrogens with two attached hydrogens (primary N) is 1. The van der Waals surface area contributed by atoms with Gasteiger partial charge in [-0.2, -0.15) is 5.48 Å². The van der Waals surface area contributed by atoms with Crippen molar-refractivity contribution >= 4 is 0 Å². The zero-order valence-corrected chi connectivity index (χ0v) is 9.00. The Kier molecular flexibility index (Phi) is 6.10. The third-order valence-electron chi connectivity index (χ3n) is 2.84. The standard InChI is InChI=1S/C10H22N2O2/c1-13-6-7-14-12-10-5-3-2-4-9(10)8-11/h9-10,12H,2-8,11H2,1H3. The van der Waals surface area contributed by atoms with E-state index in [-0.39, 0.29) is 0 Å². The summed E-state index contributed by atoms with van der Waals surface area (Å²) in [4.78, 5) is 5.32. The topological polar surface area (TPSA) is 56.5 Å². The van der Waals surface area contributed by atoms with Crippen molar-refractivity contribution in [3.63, 3.8) is 0 Å². The van der Waals surface area contributed by atoms with Crippen LogP contribution in [0.1, 0.15) is 25.7 Å². The Morgan fingerprint density at radius 3 is 2.79 bits per heavy atom. The molecule has 0 aromatic rings. The highest BCUT2D eigenvalue weighted by molar-refractivity contribution is 4.79. The molecule has 0 bridgehead atoms. The molecule has 4 nitrogen and oxygen atoms in total. The quantitative estimate of drug-likeness (QED) is 0.491. The number of ether oxygens (including phenoxy) is 1. The van der Waals surface area contributed by atoms with Gasteiger partial charge < -0.3 is 10.5 Å². The van der Waals surface area contributed by atoms with E-state index in [4.69, 9.17) is 15.3 Å². The van der Waals surface area contributed by atoms with Crippen LogP contribution in [0, 0.1) is 5.92 Å². The van der Waals surface area contributed by atoms with Crippen LogP contribution in [0.25, 0.3) is 0 Å². The maximum Gasteiger partial charge on any atom is 0.0915 e. The number of hydroxylamine groups is 1. The van der Waals surface area contributed by atoms with Gasteiger partial charge in [0.05, 0.1) is 13.2 Å². The van der Waals surface area contributed by atoms with Gasteiger partial charge in [0.2, 0.25) is 0 Å². The Bertz CT molecular complexity index is 144. The molecule has 1 saturated carbocycles. The third-order valence-corrected chi connectivity index (χ3v) is 2.84. The summed E-state index contributed by atoms with van der Waals surface area (Å²) >= 11 is 0. The average molecular weight is 202 g/mol. The molecule has 1 aliphatic rings. The molecule has 0 spiro atoms. The number of hydrogen-bond acceptors (Lipinski definition) is 4. The van der Waals surface area contributed by atoms with Crippen LogP contribution in [0.4, 0.5) is 0 Å². The van der Waals surface area contributed by atoms with Crippen molar-refractivity contribution in [1.82, 2.24) is 5.48 Å². The lowest BCUT2D eigenvalue weighted by atomic mass is 9.85. The normalized spacial score (nSPS) is 27.9. The van der Waals surface area contributed by atoms with Crippen LogP contribution in [-0.4, -0.2) is 32.9 Å². The smallest absolute Gasteiger partial charge is 0.0915 e. The predicted molar refractivity (Wildman–Crippen MR) is 55.8 cm³/mol. The van der Waals surface area contributed by atoms with Crippen LogP contribution in [0.3, 0.4) is 0 Å². The molecule has 4 heteroatoms. The maximum absolute atomic E-state index is 5.70. The first kappa shape index (κ1) is 11.9. The summed E-state index contributed by atoms with van der Waals surface area (Å²) in [6.07, 6.45) is 4.98. The monoisotopic (exact) mass is 202 g/mol. The van der Waals surface area contributed by atoms with Gasteiger partial charge in [-0.3, -0.25) is 4.84 Å². The van der Waals surface area contributed by atoms with Crippen molar-refractivity contribution in [2.45, 2.75) is 31.7 Å². The van der Waals surface area contributed by atoms with Crippen LogP contribution >= 0.6 is 0 Å². The largest absolute Gasteiger partial charge is 0.382 e. The minimum atomic E-state index is 0.436. The Hall–Kier alpha value is -0.160. The first-order valence-electron chi connectivity index (χ1n) is 5.44. The molecule has 0 aliphatic heterocycles. The molecule has 0 saturated heterocycles. The van der Waals surface area contributed by atoms with Crippen molar-refractivity contribution in [3.05, 3.63) is 0 Å². The molecule has 84 valence electrons.